The second-order valence-electron chi connectivity index (χ2n) is 7.16. The maximum Gasteiger partial charge on any atom is 0.120 e. The van der Waals surface area contributed by atoms with E-state index in [0.29, 0.717) is 36.1 Å². The van der Waals surface area contributed by atoms with Crippen LogP contribution in [0.5, 0.6) is 5.75 Å². The molecule has 1 atom stereocenters. The van der Waals surface area contributed by atoms with Crippen LogP contribution >= 0.6 is 11.8 Å². The molecule has 0 heterocycles. The first-order valence-corrected chi connectivity index (χ1v) is 9.92. The molecule has 0 bridgehead atoms. The first-order valence-electron chi connectivity index (χ1n) is 9.11. The Morgan fingerprint density at radius 1 is 0.885 bits per heavy atom. The van der Waals surface area contributed by atoms with E-state index in [9.17, 15) is 0 Å². The molecule has 0 saturated heterocycles. The summed E-state index contributed by atoms with van der Waals surface area (Å²) in [5.41, 5.74) is 12.9. The van der Waals surface area contributed by atoms with Crippen LogP contribution in [0.3, 0.4) is 0 Å². The molecule has 4 N–H and O–H groups in total. The molecule has 0 saturated carbocycles. The van der Waals surface area contributed by atoms with E-state index in [1.165, 1.54) is 0 Å². The van der Waals surface area contributed by atoms with E-state index in [2.05, 4.69) is 51.7 Å². The van der Waals surface area contributed by atoms with Gasteiger partial charge in [0.25, 0.3) is 0 Å². The standard InChI is InChI=1S/C21H31N3OS/c1-14(2)24(15(3)4)16(5)13-25-17-7-6-8-18(11-17)26-19-9-10-20(22)21(23)12-19/h6-12,14-16H,13,22-23H2,1-5H3. The van der Waals surface area contributed by atoms with Crippen molar-refractivity contribution in [2.45, 2.75) is 62.5 Å². The Kier molecular flexibility index (Phi) is 7.23. The normalized spacial score (nSPS) is 12.8. The molecule has 26 heavy (non-hydrogen) atoms. The lowest BCUT2D eigenvalue weighted by Crippen LogP contribution is -2.46. The van der Waals surface area contributed by atoms with Crippen LogP contribution in [0.4, 0.5) is 11.4 Å². The van der Waals surface area contributed by atoms with E-state index in [1.54, 1.807) is 11.8 Å². The minimum atomic E-state index is 0.350. The summed E-state index contributed by atoms with van der Waals surface area (Å²) in [5, 5.41) is 0. The van der Waals surface area contributed by atoms with Crippen LogP contribution in [0.15, 0.2) is 52.3 Å². The largest absolute Gasteiger partial charge is 0.492 e. The molecule has 1 unspecified atom stereocenters. The fraction of sp³-hybridized carbons (Fsp3) is 0.429. The van der Waals surface area contributed by atoms with Crippen LogP contribution in [0.2, 0.25) is 0 Å². The maximum atomic E-state index is 6.07. The summed E-state index contributed by atoms with van der Waals surface area (Å²) in [6.07, 6.45) is 0. The molecule has 142 valence electrons. The Hall–Kier alpha value is -1.85. The van der Waals surface area contributed by atoms with Crippen molar-refractivity contribution >= 4 is 23.1 Å². The lowest BCUT2D eigenvalue weighted by Gasteiger charge is -2.36. The maximum absolute atomic E-state index is 6.07. The molecule has 0 radical (unpaired) electrons. The molecule has 2 aromatic rings. The Morgan fingerprint density at radius 3 is 2.15 bits per heavy atom. The average molecular weight is 374 g/mol. The van der Waals surface area contributed by atoms with Gasteiger partial charge in [-0.3, -0.25) is 4.90 Å². The molecule has 2 rings (SSSR count). The number of ether oxygens (including phenoxy) is 1. The molecule has 0 fully saturated rings. The van der Waals surface area contributed by atoms with Crippen molar-refractivity contribution < 1.29 is 4.74 Å². The van der Waals surface area contributed by atoms with E-state index in [1.807, 2.05) is 30.3 Å². The first-order chi connectivity index (χ1) is 12.3. The van der Waals surface area contributed by atoms with E-state index in [-0.39, 0.29) is 0 Å². The number of benzene rings is 2. The van der Waals surface area contributed by atoms with Crippen LogP contribution in [-0.2, 0) is 0 Å². The minimum absolute atomic E-state index is 0.350. The van der Waals surface area contributed by atoms with Crippen LogP contribution in [0.1, 0.15) is 34.6 Å². The first kappa shape index (κ1) is 20.5. The SMILES string of the molecule is CC(C)N(C(C)C)C(C)COc1cccc(Sc2ccc(N)c(N)c2)c1. The third-order valence-electron chi connectivity index (χ3n) is 4.29. The van der Waals surface area contributed by atoms with Crippen molar-refractivity contribution in [1.29, 1.82) is 0 Å². The third-order valence-corrected chi connectivity index (χ3v) is 5.27. The average Bonchev–Trinajstić information content (AvgIpc) is 2.56. The van der Waals surface area contributed by atoms with Crippen LogP contribution in [-0.4, -0.2) is 29.6 Å². The van der Waals surface area contributed by atoms with Crippen molar-refractivity contribution in [3.05, 3.63) is 42.5 Å². The lowest BCUT2D eigenvalue weighted by atomic mass is 10.1. The zero-order chi connectivity index (χ0) is 19.3. The van der Waals surface area contributed by atoms with Gasteiger partial charge in [-0.05, 0) is 71.0 Å². The summed E-state index contributed by atoms with van der Waals surface area (Å²) in [6, 6.07) is 15.2. The summed E-state index contributed by atoms with van der Waals surface area (Å²) in [6.45, 7) is 11.8. The lowest BCUT2D eigenvalue weighted by molar-refractivity contribution is 0.0856. The smallest absolute Gasteiger partial charge is 0.120 e. The van der Waals surface area contributed by atoms with Gasteiger partial charge in [0.05, 0.1) is 11.4 Å². The molecular formula is C21H31N3OS. The second-order valence-corrected chi connectivity index (χ2v) is 8.31. The molecule has 4 nitrogen and oxygen atoms in total. The molecule has 0 amide bonds. The van der Waals surface area contributed by atoms with E-state index in [0.717, 1.165) is 15.5 Å². The van der Waals surface area contributed by atoms with Crippen molar-refractivity contribution in [2.75, 3.05) is 18.1 Å². The zero-order valence-corrected chi connectivity index (χ0v) is 17.2. The van der Waals surface area contributed by atoms with Crippen LogP contribution < -0.4 is 16.2 Å². The fourth-order valence-corrected chi connectivity index (χ4v) is 4.21. The van der Waals surface area contributed by atoms with Gasteiger partial charge in [0.15, 0.2) is 0 Å². The van der Waals surface area contributed by atoms with E-state index >= 15 is 0 Å². The minimum Gasteiger partial charge on any atom is -0.492 e. The van der Waals surface area contributed by atoms with Gasteiger partial charge in [-0.25, -0.2) is 0 Å². The van der Waals surface area contributed by atoms with Gasteiger partial charge in [-0.1, -0.05) is 17.8 Å². The quantitative estimate of drug-likeness (QED) is 0.645. The summed E-state index contributed by atoms with van der Waals surface area (Å²) in [5.74, 6) is 0.887. The number of hydrogen-bond donors (Lipinski definition) is 2. The molecular weight excluding hydrogens is 342 g/mol. The summed E-state index contributed by atoms with van der Waals surface area (Å²) < 4.78 is 6.07. The molecule has 0 aromatic heterocycles. The number of nitrogen functional groups attached to an aromatic ring is 2. The number of hydrogen-bond acceptors (Lipinski definition) is 5. The predicted molar refractivity (Wildman–Crippen MR) is 113 cm³/mol. The number of rotatable bonds is 8. The second kappa shape index (κ2) is 9.19. The Balaban J connectivity index is 2.01. The van der Waals surface area contributed by atoms with Crippen molar-refractivity contribution in [3.63, 3.8) is 0 Å². The van der Waals surface area contributed by atoms with Crippen LogP contribution in [0, 0.1) is 0 Å². The third kappa shape index (κ3) is 5.58. The van der Waals surface area contributed by atoms with Gasteiger partial charge in [0.2, 0.25) is 0 Å². The van der Waals surface area contributed by atoms with Crippen molar-refractivity contribution in [2.24, 2.45) is 0 Å². The van der Waals surface area contributed by atoms with Gasteiger partial charge in [0, 0.05) is 27.9 Å². The van der Waals surface area contributed by atoms with Gasteiger partial charge in [-0.2, -0.15) is 0 Å². The monoisotopic (exact) mass is 373 g/mol. The van der Waals surface area contributed by atoms with Gasteiger partial charge in [-0.15, -0.1) is 0 Å². The molecule has 5 heteroatoms. The summed E-state index contributed by atoms with van der Waals surface area (Å²) in [7, 11) is 0. The highest BCUT2D eigenvalue weighted by Gasteiger charge is 2.20. The Bertz CT molecular complexity index is 710. The summed E-state index contributed by atoms with van der Waals surface area (Å²) in [4.78, 5) is 4.65. The fourth-order valence-electron chi connectivity index (χ4n) is 3.30. The highest BCUT2D eigenvalue weighted by molar-refractivity contribution is 7.99. The molecule has 2 aromatic carbocycles. The molecule has 0 spiro atoms. The van der Waals surface area contributed by atoms with Crippen molar-refractivity contribution in [1.82, 2.24) is 4.90 Å². The topological polar surface area (TPSA) is 64.5 Å². The highest BCUT2D eigenvalue weighted by Crippen LogP contribution is 2.32. The number of nitrogens with two attached hydrogens (primary N) is 2. The molecule has 0 aliphatic heterocycles. The number of nitrogens with zero attached hydrogens (tertiary/aromatic N) is 1. The van der Waals surface area contributed by atoms with Gasteiger partial charge < -0.3 is 16.2 Å². The predicted octanol–water partition coefficient (Wildman–Crippen LogP) is 4.89. The zero-order valence-electron chi connectivity index (χ0n) is 16.4. The Labute approximate surface area is 161 Å². The van der Waals surface area contributed by atoms with Gasteiger partial charge in [0.1, 0.15) is 12.4 Å². The Morgan fingerprint density at radius 2 is 1.54 bits per heavy atom. The number of anilines is 2. The van der Waals surface area contributed by atoms with Crippen molar-refractivity contribution in [3.8, 4) is 5.75 Å². The van der Waals surface area contributed by atoms with Gasteiger partial charge >= 0.3 is 0 Å². The summed E-state index contributed by atoms with van der Waals surface area (Å²) >= 11 is 1.65. The van der Waals surface area contributed by atoms with Crippen LogP contribution in [0.25, 0.3) is 0 Å². The van der Waals surface area contributed by atoms with E-state index < -0.39 is 0 Å². The van der Waals surface area contributed by atoms with E-state index in [4.69, 9.17) is 16.2 Å². The molecule has 0 aliphatic rings. The molecule has 0 aliphatic carbocycles. The highest BCUT2D eigenvalue weighted by atomic mass is 32.2.